The molecule has 0 fully saturated rings. The van der Waals surface area contributed by atoms with Crippen LogP contribution < -0.4 is 11.5 Å². The fraction of sp³-hybridized carbons (Fsp3) is 0.222. The first-order valence-electron chi connectivity index (χ1n) is 4.03. The summed E-state index contributed by atoms with van der Waals surface area (Å²) in [5.41, 5.74) is 11.2. The summed E-state index contributed by atoms with van der Waals surface area (Å²) in [7, 11) is 0. The molecule has 0 saturated heterocycles. The van der Waals surface area contributed by atoms with E-state index in [0.29, 0.717) is 5.56 Å². The predicted octanol–water partition coefficient (Wildman–Crippen LogP) is 0.362. The monoisotopic (exact) mass is 198 g/mol. The summed E-state index contributed by atoms with van der Waals surface area (Å²) in [6.45, 7) is 0. The molecule has 0 aromatic heterocycles. The van der Waals surface area contributed by atoms with Gasteiger partial charge >= 0.3 is 5.97 Å². The molecule has 76 valence electrons. The van der Waals surface area contributed by atoms with Gasteiger partial charge in [-0.1, -0.05) is 6.07 Å². The van der Waals surface area contributed by atoms with Crippen molar-refractivity contribution < 1.29 is 14.3 Å². The van der Waals surface area contributed by atoms with Gasteiger partial charge in [-0.2, -0.15) is 0 Å². The van der Waals surface area contributed by atoms with Gasteiger partial charge in [0.05, 0.1) is 5.69 Å². The Labute approximate surface area is 80.3 Å². The third-order valence-corrected chi connectivity index (χ3v) is 1.83. The Morgan fingerprint density at radius 3 is 2.71 bits per heavy atom. The molecule has 1 unspecified atom stereocenters. The minimum Gasteiger partial charge on any atom is -0.480 e. The molecule has 0 aliphatic heterocycles. The fourth-order valence-electron chi connectivity index (χ4n) is 1.06. The lowest BCUT2D eigenvalue weighted by molar-refractivity contribution is -0.138. The topological polar surface area (TPSA) is 89.3 Å². The van der Waals surface area contributed by atoms with Crippen LogP contribution in [0.2, 0.25) is 0 Å². The van der Waals surface area contributed by atoms with Gasteiger partial charge in [-0.25, -0.2) is 4.39 Å². The zero-order chi connectivity index (χ0) is 10.7. The van der Waals surface area contributed by atoms with Crippen LogP contribution in [0.4, 0.5) is 10.1 Å². The van der Waals surface area contributed by atoms with Gasteiger partial charge in [0.15, 0.2) is 0 Å². The second-order valence-electron chi connectivity index (χ2n) is 3.00. The number of anilines is 1. The summed E-state index contributed by atoms with van der Waals surface area (Å²) < 4.78 is 12.7. The first kappa shape index (κ1) is 10.5. The lowest BCUT2D eigenvalue weighted by Crippen LogP contribution is -2.32. The summed E-state index contributed by atoms with van der Waals surface area (Å²) in [6, 6.07) is 3.06. The predicted molar refractivity (Wildman–Crippen MR) is 50.1 cm³/mol. The van der Waals surface area contributed by atoms with Gasteiger partial charge in [0.2, 0.25) is 0 Å². The average molecular weight is 198 g/mol. The number of halogens is 1. The maximum absolute atomic E-state index is 12.7. The highest BCUT2D eigenvalue weighted by molar-refractivity contribution is 5.73. The maximum atomic E-state index is 12.7. The Kier molecular flexibility index (Phi) is 3.03. The quantitative estimate of drug-likeness (QED) is 0.612. The molecule has 0 amide bonds. The Morgan fingerprint density at radius 1 is 1.57 bits per heavy atom. The molecule has 5 heteroatoms. The standard InChI is InChI=1S/C9H11FN2O2/c10-6-2-1-5(3-7(6)11)4-8(12)9(13)14/h1-3,8H,4,11-12H2,(H,13,14). The Hall–Kier alpha value is -1.62. The van der Waals surface area contributed by atoms with E-state index >= 15 is 0 Å². The highest BCUT2D eigenvalue weighted by Gasteiger charge is 2.12. The van der Waals surface area contributed by atoms with E-state index in [4.69, 9.17) is 16.6 Å². The molecule has 1 rings (SSSR count). The van der Waals surface area contributed by atoms with Gasteiger partial charge in [-0.05, 0) is 24.1 Å². The number of benzene rings is 1. The molecule has 1 aromatic rings. The second kappa shape index (κ2) is 4.06. The number of carboxylic acids is 1. The van der Waals surface area contributed by atoms with E-state index in [9.17, 15) is 9.18 Å². The Bertz CT molecular complexity index is 355. The molecule has 0 aliphatic carbocycles. The molecule has 0 heterocycles. The summed E-state index contributed by atoms with van der Waals surface area (Å²) >= 11 is 0. The molecular weight excluding hydrogens is 187 g/mol. The minimum atomic E-state index is -1.09. The first-order valence-corrected chi connectivity index (χ1v) is 4.03. The number of nitrogen functional groups attached to an aromatic ring is 1. The van der Waals surface area contributed by atoms with Gasteiger partial charge in [0, 0.05) is 0 Å². The van der Waals surface area contributed by atoms with Gasteiger partial charge in [0.1, 0.15) is 11.9 Å². The van der Waals surface area contributed by atoms with Crippen LogP contribution in [-0.4, -0.2) is 17.1 Å². The van der Waals surface area contributed by atoms with Crippen molar-refractivity contribution >= 4 is 11.7 Å². The van der Waals surface area contributed by atoms with Gasteiger partial charge in [-0.15, -0.1) is 0 Å². The smallest absolute Gasteiger partial charge is 0.320 e. The van der Waals surface area contributed by atoms with Crippen LogP contribution in [-0.2, 0) is 11.2 Å². The molecule has 0 aliphatic rings. The van der Waals surface area contributed by atoms with Crippen molar-refractivity contribution in [2.75, 3.05) is 5.73 Å². The zero-order valence-electron chi connectivity index (χ0n) is 7.40. The van der Waals surface area contributed by atoms with E-state index in [2.05, 4.69) is 0 Å². The number of hydrogen-bond donors (Lipinski definition) is 3. The lowest BCUT2D eigenvalue weighted by Gasteiger charge is -2.07. The molecular formula is C9H11FN2O2. The van der Waals surface area contributed by atoms with E-state index in [1.165, 1.54) is 18.2 Å². The van der Waals surface area contributed by atoms with E-state index in [0.717, 1.165) is 0 Å². The molecule has 5 N–H and O–H groups in total. The molecule has 0 saturated carbocycles. The zero-order valence-corrected chi connectivity index (χ0v) is 7.40. The van der Waals surface area contributed by atoms with Crippen LogP contribution in [0.1, 0.15) is 5.56 Å². The third kappa shape index (κ3) is 2.43. The molecule has 0 spiro atoms. The maximum Gasteiger partial charge on any atom is 0.320 e. The number of carboxylic acid groups (broad SMARTS) is 1. The van der Waals surface area contributed by atoms with Crippen LogP contribution in [0.3, 0.4) is 0 Å². The number of hydrogen-bond acceptors (Lipinski definition) is 3. The third-order valence-electron chi connectivity index (χ3n) is 1.83. The summed E-state index contributed by atoms with van der Waals surface area (Å²) in [5.74, 6) is -1.61. The van der Waals surface area contributed by atoms with Crippen LogP contribution in [0.5, 0.6) is 0 Å². The first-order chi connectivity index (χ1) is 6.50. The Balaban J connectivity index is 2.78. The number of rotatable bonds is 3. The second-order valence-corrected chi connectivity index (χ2v) is 3.00. The molecule has 1 aromatic carbocycles. The van der Waals surface area contributed by atoms with Crippen molar-refractivity contribution in [3.8, 4) is 0 Å². The number of aliphatic carboxylic acids is 1. The van der Waals surface area contributed by atoms with E-state index in [-0.39, 0.29) is 12.1 Å². The van der Waals surface area contributed by atoms with Crippen molar-refractivity contribution in [1.82, 2.24) is 0 Å². The number of carbonyl (C=O) groups is 1. The van der Waals surface area contributed by atoms with Gasteiger partial charge in [0.25, 0.3) is 0 Å². The molecule has 1 atom stereocenters. The summed E-state index contributed by atoms with van der Waals surface area (Å²) in [6.07, 6.45) is 0.139. The largest absolute Gasteiger partial charge is 0.480 e. The van der Waals surface area contributed by atoms with Gasteiger partial charge in [-0.3, -0.25) is 4.79 Å². The van der Waals surface area contributed by atoms with Crippen molar-refractivity contribution in [2.24, 2.45) is 5.73 Å². The van der Waals surface area contributed by atoms with Crippen LogP contribution in [0, 0.1) is 5.82 Å². The summed E-state index contributed by atoms with van der Waals surface area (Å²) in [5, 5.41) is 8.54. The Morgan fingerprint density at radius 2 is 2.21 bits per heavy atom. The van der Waals surface area contributed by atoms with Crippen molar-refractivity contribution in [3.05, 3.63) is 29.6 Å². The van der Waals surface area contributed by atoms with E-state index < -0.39 is 17.8 Å². The fourth-order valence-corrected chi connectivity index (χ4v) is 1.06. The molecule has 4 nitrogen and oxygen atoms in total. The van der Waals surface area contributed by atoms with Crippen molar-refractivity contribution in [1.29, 1.82) is 0 Å². The molecule has 14 heavy (non-hydrogen) atoms. The summed E-state index contributed by atoms with van der Waals surface area (Å²) in [4.78, 5) is 10.4. The van der Waals surface area contributed by atoms with Gasteiger partial charge < -0.3 is 16.6 Å². The number of nitrogens with two attached hydrogens (primary N) is 2. The minimum absolute atomic E-state index is 0.0000822. The van der Waals surface area contributed by atoms with Crippen molar-refractivity contribution in [3.63, 3.8) is 0 Å². The highest BCUT2D eigenvalue weighted by atomic mass is 19.1. The SMILES string of the molecule is Nc1cc(CC(N)C(=O)O)ccc1F. The van der Waals surface area contributed by atoms with Crippen LogP contribution >= 0.6 is 0 Å². The lowest BCUT2D eigenvalue weighted by atomic mass is 10.1. The van der Waals surface area contributed by atoms with E-state index in [1.807, 2.05) is 0 Å². The van der Waals surface area contributed by atoms with Crippen LogP contribution in [0.25, 0.3) is 0 Å². The van der Waals surface area contributed by atoms with Crippen molar-refractivity contribution in [2.45, 2.75) is 12.5 Å². The van der Waals surface area contributed by atoms with Crippen LogP contribution in [0.15, 0.2) is 18.2 Å². The van der Waals surface area contributed by atoms with E-state index in [1.54, 1.807) is 0 Å². The highest BCUT2D eigenvalue weighted by Crippen LogP contribution is 2.13. The molecule has 0 bridgehead atoms. The molecule has 0 radical (unpaired) electrons. The normalized spacial score (nSPS) is 12.4. The average Bonchev–Trinajstić information content (AvgIpc) is 2.11.